The maximum absolute atomic E-state index is 12.2. The number of likely N-dealkylation sites (tertiary alicyclic amines) is 1. The van der Waals surface area contributed by atoms with Gasteiger partial charge < -0.3 is 19.9 Å². The maximum Gasteiger partial charge on any atom is 0.340 e. The molecule has 0 aromatic carbocycles. The van der Waals surface area contributed by atoms with Gasteiger partial charge in [-0.2, -0.15) is 0 Å². The summed E-state index contributed by atoms with van der Waals surface area (Å²) in [5.74, 6) is 0.0628. The molecule has 2 N–H and O–H groups in total. The highest BCUT2D eigenvalue weighted by Crippen LogP contribution is 2.27. The number of nitrogens with one attached hydrogen (secondary N) is 2. The molecule has 1 saturated heterocycles. The van der Waals surface area contributed by atoms with E-state index in [1.165, 1.54) is 12.4 Å². The SMILES string of the molecule is C=CC(=O)N1CC(Nc2ncnc3[nH]cc(C(=O)OCC)c23)CC[C@@H]1C. The summed E-state index contributed by atoms with van der Waals surface area (Å²) in [7, 11) is 0. The Morgan fingerprint density at radius 3 is 3.00 bits per heavy atom. The Kier molecular flexibility index (Phi) is 5.20. The molecule has 3 rings (SSSR count). The van der Waals surface area contributed by atoms with E-state index in [0.717, 1.165) is 12.8 Å². The average Bonchev–Trinajstić information content (AvgIpc) is 3.08. The number of anilines is 1. The number of carbonyl (C=O) groups is 2. The normalized spacial score (nSPS) is 20.0. The minimum Gasteiger partial charge on any atom is -0.462 e. The number of amides is 1. The highest BCUT2D eigenvalue weighted by atomic mass is 16.5. The van der Waals surface area contributed by atoms with Crippen molar-refractivity contribution in [2.24, 2.45) is 0 Å². The minimum atomic E-state index is -0.419. The van der Waals surface area contributed by atoms with E-state index < -0.39 is 5.97 Å². The summed E-state index contributed by atoms with van der Waals surface area (Å²) in [6, 6.07) is 0.199. The Morgan fingerprint density at radius 2 is 2.27 bits per heavy atom. The summed E-state index contributed by atoms with van der Waals surface area (Å²) >= 11 is 0. The third-order valence-electron chi connectivity index (χ3n) is 4.65. The van der Waals surface area contributed by atoms with E-state index in [-0.39, 0.29) is 18.0 Å². The lowest BCUT2D eigenvalue weighted by atomic mass is 9.99. The monoisotopic (exact) mass is 357 g/mol. The minimum absolute atomic E-state index is 0.0261. The van der Waals surface area contributed by atoms with Gasteiger partial charge in [-0.25, -0.2) is 14.8 Å². The molecular formula is C18H23N5O3. The topological polar surface area (TPSA) is 100 Å². The number of carbonyl (C=O) groups excluding carboxylic acids is 2. The summed E-state index contributed by atoms with van der Waals surface area (Å²) in [4.78, 5) is 37.5. The van der Waals surface area contributed by atoms with Crippen LogP contribution in [-0.2, 0) is 9.53 Å². The smallest absolute Gasteiger partial charge is 0.340 e. The van der Waals surface area contributed by atoms with Crippen LogP contribution in [0.5, 0.6) is 0 Å². The standard InChI is InChI=1S/C18H23N5O3/c1-4-14(24)23-9-12(7-6-11(23)3)22-17-15-13(18(25)26-5-2)8-19-16(15)20-10-21-17/h4,8,10-12H,1,5-7,9H2,2-3H3,(H2,19,20,21,22)/t11-,12?/m0/s1. The van der Waals surface area contributed by atoms with Gasteiger partial charge in [0.2, 0.25) is 5.91 Å². The maximum atomic E-state index is 12.2. The lowest BCUT2D eigenvalue weighted by Crippen LogP contribution is -2.49. The van der Waals surface area contributed by atoms with Crippen molar-refractivity contribution >= 4 is 28.7 Å². The molecule has 2 aromatic rings. The molecule has 0 aliphatic carbocycles. The average molecular weight is 357 g/mol. The van der Waals surface area contributed by atoms with Crippen LogP contribution >= 0.6 is 0 Å². The van der Waals surface area contributed by atoms with E-state index in [9.17, 15) is 9.59 Å². The lowest BCUT2D eigenvalue weighted by Gasteiger charge is -2.38. The van der Waals surface area contributed by atoms with Gasteiger partial charge in [0.15, 0.2) is 0 Å². The Labute approximate surface area is 151 Å². The molecule has 1 fully saturated rings. The molecule has 0 bridgehead atoms. The number of nitrogens with zero attached hydrogens (tertiary/aromatic N) is 3. The van der Waals surface area contributed by atoms with Crippen molar-refractivity contribution in [3.05, 3.63) is 30.7 Å². The molecule has 0 saturated carbocycles. The van der Waals surface area contributed by atoms with Gasteiger partial charge in [0, 0.05) is 24.8 Å². The van der Waals surface area contributed by atoms with E-state index in [1.54, 1.807) is 18.0 Å². The number of hydrogen-bond donors (Lipinski definition) is 2. The molecule has 1 unspecified atom stereocenters. The fourth-order valence-electron chi connectivity index (χ4n) is 3.28. The van der Waals surface area contributed by atoms with Crippen LogP contribution in [0.1, 0.15) is 37.0 Å². The van der Waals surface area contributed by atoms with Crippen molar-refractivity contribution in [3.8, 4) is 0 Å². The predicted molar refractivity (Wildman–Crippen MR) is 97.9 cm³/mol. The molecule has 1 aliphatic rings. The van der Waals surface area contributed by atoms with Crippen molar-refractivity contribution in [1.82, 2.24) is 19.9 Å². The van der Waals surface area contributed by atoms with Gasteiger partial charge in [0.05, 0.1) is 17.6 Å². The van der Waals surface area contributed by atoms with E-state index >= 15 is 0 Å². The molecule has 1 amide bonds. The second-order valence-electron chi connectivity index (χ2n) is 6.33. The first-order valence-electron chi connectivity index (χ1n) is 8.73. The first-order valence-corrected chi connectivity index (χ1v) is 8.73. The summed E-state index contributed by atoms with van der Waals surface area (Å²) in [6.45, 7) is 8.21. The molecule has 26 heavy (non-hydrogen) atoms. The fraction of sp³-hybridized carbons (Fsp3) is 0.444. The predicted octanol–water partition coefficient (Wildman–Crippen LogP) is 2.11. The van der Waals surface area contributed by atoms with Crippen LogP contribution in [0.3, 0.4) is 0 Å². The molecule has 3 heterocycles. The number of piperidine rings is 1. The Balaban J connectivity index is 1.87. The van der Waals surface area contributed by atoms with Gasteiger partial charge in [-0.1, -0.05) is 6.58 Å². The number of hydrogen-bond acceptors (Lipinski definition) is 6. The van der Waals surface area contributed by atoms with Crippen LogP contribution < -0.4 is 5.32 Å². The molecule has 0 radical (unpaired) electrons. The van der Waals surface area contributed by atoms with E-state index in [4.69, 9.17) is 4.74 Å². The summed E-state index contributed by atoms with van der Waals surface area (Å²) in [6.07, 6.45) is 6.14. The number of ether oxygens (including phenoxy) is 1. The van der Waals surface area contributed by atoms with Gasteiger partial charge in [-0.15, -0.1) is 0 Å². The Hall–Kier alpha value is -2.90. The quantitative estimate of drug-likeness (QED) is 0.628. The van der Waals surface area contributed by atoms with Gasteiger partial charge in [0.1, 0.15) is 17.8 Å². The van der Waals surface area contributed by atoms with Crippen molar-refractivity contribution in [1.29, 1.82) is 0 Å². The van der Waals surface area contributed by atoms with Crippen LogP contribution in [0, 0.1) is 0 Å². The number of esters is 1. The number of aromatic amines is 1. The van der Waals surface area contributed by atoms with Crippen LogP contribution in [0.4, 0.5) is 5.82 Å². The molecule has 8 heteroatoms. The molecule has 138 valence electrons. The molecule has 2 atom stereocenters. The molecule has 2 aromatic heterocycles. The van der Waals surface area contributed by atoms with E-state index in [2.05, 4.69) is 26.8 Å². The zero-order valence-corrected chi connectivity index (χ0v) is 15.0. The fourth-order valence-corrected chi connectivity index (χ4v) is 3.28. The van der Waals surface area contributed by atoms with Gasteiger partial charge in [0.25, 0.3) is 0 Å². The molecule has 1 aliphatic heterocycles. The van der Waals surface area contributed by atoms with Gasteiger partial charge in [-0.3, -0.25) is 4.79 Å². The Morgan fingerprint density at radius 1 is 1.46 bits per heavy atom. The summed E-state index contributed by atoms with van der Waals surface area (Å²) in [5.41, 5.74) is 0.960. The van der Waals surface area contributed by atoms with Gasteiger partial charge >= 0.3 is 5.97 Å². The highest BCUT2D eigenvalue weighted by Gasteiger charge is 2.29. The van der Waals surface area contributed by atoms with Crippen molar-refractivity contribution in [3.63, 3.8) is 0 Å². The van der Waals surface area contributed by atoms with Crippen LogP contribution in [0.15, 0.2) is 25.2 Å². The molecule has 8 nitrogen and oxygen atoms in total. The zero-order valence-electron chi connectivity index (χ0n) is 15.0. The van der Waals surface area contributed by atoms with Crippen LogP contribution in [0.25, 0.3) is 11.0 Å². The second kappa shape index (κ2) is 7.55. The summed E-state index contributed by atoms with van der Waals surface area (Å²) in [5, 5.41) is 3.97. The van der Waals surface area contributed by atoms with Crippen LogP contribution in [0.2, 0.25) is 0 Å². The molecular weight excluding hydrogens is 334 g/mol. The third-order valence-corrected chi connectivity index (χ3v) is 4.65. The number of rotatable bonds is 5. The molecule has 0 spiro atoms. The second-order valence-corrected chi connectivity index (χ2v) is 6.33. The van der Waals surface area contributed by atoms with Gasteiger partial charge in [-0.05, 0) is 32.8 Å². The Bertz CT molecular complexity index is 831. The number of fused-ring (bicyclic) bond motifs is 1. The van der Waals surface area contributed by atoms with Crippen LogP contribution in [-0.4, -0.2) is 57.0 Å². The number of H-pyrrole nitrogens is 1. The first-order chi connectivity index (χ1) is 12.5. The lowest BCUT2D eigenvalue weighted by molar-refractivity contribution is -0.129. The van der Waals surface area contributed by atoms with E-state index in [1.807, 2.05) is 6.92 Å². The first kappa shape index (κ1) is 17.9. The van der Waals surface area contributed by atoms with E-state index in [0.29, 0.717) is 35.6 Å². The number of aromatic nitrogens is 3. The highest BCUT2D eigenvalue weighted by molar-refractivity contribution is 6.07. The third kappa shape index (κ3) is 3.40. The largest absolute Gasteiger partial charge is 0.462 e. The van der Waals surface area contributed by atoms with Crippen molar-refractivity contribution in [2.45, 2.75) is 38.8 Å². The zero-order chi connectivity index (χ0) is 18.7. The summed E-state index contributed by atoms with van der Waals surface area (Å²) < 4.78 is 5.11. The van der Waals surface area contributed by atoms with Crippen molar-refractivity contribution < 1.29 is 14.3 Å². The van der Waals surface area contributed by atoms with Crippen molar-refractivity contribution in [2.75, 3.05) is 18.5 Å².